The fraction of sp³-hybridized carbons (Fsp3) is 0.500. The number of esters is 1. The van der Waals surface area contributed by atoms with Crippen LogP contribution in [0.15, 0.2) is 0 Å². The number of aryl methyl sites for hydroxylation is 1. The number of nitrogens with one attached hydrogen (secondary N) is 3. The van der Waals surface area contributed by atoms with Crippen LogP contribution in [-0.4, -0.2) is 36.0 Å². The van der Waals surface area contributed by atoms with Crippen LogP contribution in [0.3, 0.4) is 0 Å². The molecule has 138 valence electrons. The van der Waals surface area contributed by atoms with Crippen molar-refractivity contribution in [1.29, 1.82) is 0 Å². The zero-order valence-corrected chi connectivity index (χ0v) is 15.9. The standard InChI is InChI=1S/C16H23N3O5S/c1-7(2)17-16(23)19-13(21)9(4)24-15(22)12-8(3)10(5)25-14(12)18-11(6)20/h7,9H,1-6H3,(H,18,20)(H2,17,19,21,23). The molecule has 9 heteroatoms. The number of hydrogen-bond donors (Lipinski definition) is 3. The van der Waals surface area contributed by atoms with Crippen LogP contribution < -0.4 is 16.0 Å². The number of anilines is 1. The van der Waals surface area contributed by atoms with E-state index in [0.717, 1.165) is 4.88 Å². The molecule has 0 saturated heterocycles. The second kappa shape index (κ2) is 8.61. The monoisotopic (exact) mass is 369 g/mol. The molecule has 1 aromatic rings. The highest BCUT2D eigenvalue weighted by Gasteiger charge is 2.26. The van der Waals surface area contributed by atoms with Crippen LogP contribution in [-0.2, 0) is 14.3 Å². The van der Waals surface area contributed by atoms with E-state index in [1.54, 1.807) is 20.8 Å². The van der Waals surface area contributed by atoms with Gasteiger partial charge in [0.05, 0.1) is 5.56 Å². The van der Waals surface area contributed by atoms with Gasteiger partial charge in [0, 0.05) is 17.8 Å². The summed E-state index contributed by atoms with van der Waals surface area (Å²) in [6, 6.07) is -0.799. The van der Waals surface area contributed by atoms with Gasteiger partial charge in [0.2, 0.25) is 5.91 Å². The molecule has 3 N–H and O–H groups in total. The molecule has 0 radical (unpaired) electrons. The number of ether oxygens (including phenoxy) is 1. The lowest BCUT2D eigenvalue weighted by Gasteiger charge is -2.15. The normalized spacial score (nSPS) is 11.6. The van der Waals surface area contributed by atoms with Crippen molar-refractivity contribution in [3.8, 4) is 0 Å². The molecule has 0 aliphatic heterocycles. The molecule has 0 saturated carbocycles. The van der Waals surface area contributed by atoms with Crippen molar-refractivity contribution in [1.82, 2.24) is 10.6 Å². The lowest BCUT2D eigenvalue weighted by molar-refractivity contribution is -0.128. The third kappa shape index (κ3) is 5.86. The summed E-state index contributed by atoms with van der Waals surface area (Å²) in [7, 11) is 0. The Labute approximate surface area is 150 Å². The molecule has 1 heterocycles. The Morgan fingerprint density at radius 2 is 1.68 bits per heavy atom. The predicted molar refractivity (Wildman–Crippen MR) is 94.8 cm³/mol. The van der Waals surface area contributed by atoms with Crippen LogP contribution in [0.25, 0.3) is 0 Å². The molecular weight excluding hydrogens is 346 g/mol. The van der Waals surface area contributed by atoms with E-state index in [9.17, 15) is 19.2 Å². The second-order valence-electron chi connectivity index (χ2n) is 5.83. The van der Waals surface area contributed by atoms with Gasteiger partial charge in [0.1, 0.15) is 5.00 Å². The molecule has 1 aromatic heterocycles. The number of amides is 4. The van der Waals surface area contributed by atoms with E-state index >= 15 is 0 Å². The van der Waals surface area contributed by atoms with Crippen molar-refractivity contribution in [3.63, 3.8) is 0 Å². The highest BCUT2D eigenvalue weighted by Crippen LogP contribution is 2.33. The fourth-order valence-corrected chi connectivity index (χ4v) is 3.00. The highest BCUT2D eigenvalue weighted by molar-refractivity contribution is 7.16. The zero-order chi connectivity index (χ0) is 19.3. The van der Waals surface area contributed by atoms with Gasteiger partial charge >= 0.3 is 12.0 Å². The molecule has 1 atom stereocenters. The maximum absolute atomic E-state index is 12.4. The number of carbonyl (C=O) groups is 4. The quantitative estimate of drug-likeness (QED) is 0.688. The van der Waals surface area contributed by atoms with Gasteiger partial charge in [0.25, 0.3) is 5.91 Å². The van der Waals surface area contributed by atoms with Crippen molar-refractivity contribution in [2.24, 2.45) is 0 Å². The first-order valence-corrected chi connectivity index (χ1v) is 8.54. The van der Waals surface area contributed by atoms with Gasteiger partial charge < -0.3 is 15.4 Å². The van der Waals surface area contributed by atoms with E-state index < -0.39 is 24.0 Å². The smallest absolute Gasteiger partial charge is 0.342 e. The number of urea groups is 1. The van der Waals surface area contributed by atoms with Crippen LogP contribution >= 0.6 is 11.3 Å². The fourth-order valence-electron chi connectivity index (χ4n) is 1.91. The van der Waals surface area contributed by atoms with E-state index in [0.29, 0.717) is 10.6 Å². The molecule has 25 heavy (non-hydrogen) atoms. The van der Waals surface area contributed by atoms with Gasteiger partial charge in [-0.25, -0.2) is 9.59 Å². The maximum Gasteiger partial charge on any atom is 0.342 e. The summed E-state index contributed by atoms with van der Waals surface area (Å²) >= 11 is 1.25. The maximum atomic E-state index is 12.4. The summed E-state index contributed by atoms with van der Waals surface area (Å²) in [4.78, 5) is 48.0. The molecule has 8 nitrogen and oxygen atoms in total. The van der Waals surface area contributed by atoms with E-state index in [4.69, 9.17) is 4.74 Å². The van der Waals surface area contributed by atoms with Crippen molar-refractivity contribution < 1.29 is 23.9 Å². The average molecular weight is 369 g/mol. The van der Waals surface area contributed by atoms with E-state index in [1.807, 2.05) is 6.92 Å². The summed E-state index contributed by atoms with van der Waals surface area (Å²) in [5.74, 6) is -1.79. The Balaban J connectivity index is 2.83. The Morgan fingerprint density at radius 3 is 2.20 bits per heavy atom. The van der Waals surface area contributed by atoms with E-state index in [1.165, 1.54) is 25.2 Å². The Hall–Kier alpha value is -2.42. The van der Waals surface area contributed by atoms with Gasteiger partial charge in [-0.05, 0) is 40.2 Å². The summed E-state index contributed by atoms with van der Waals surface area (Å²) in [6.07, 6.45) is -1.17. The minimum absolute atomic E-state index is 0.137. The first-order valence-electron chi connectivity index (χ1n) is 7.72. The Morgan fingerprint density at radius 1 is 1.08 bits per heavy atom. The van der Waals surface area contributed by atoms with Gasteiger partial charge in [-0.2, -0.15) is 0 Å². The third-order valence-electron chi connectivity index (χ3n) is 3.19. The summed E-state index contributed by atoms with van der Waals surface area (Å²) < 4.78 is 5.14. The van der Waals surface area contributed by atoms with Crippen LogP contribution in [0.1, 0.15) is 48.5 Å². The topological polar surface area (TPSA) is 114 Å². The Bertz CT molecular complexity index is 696. The zero-order valence-electron chi connectivity index (χ0n) is 15.1. The second-order valence-corrected chi connectivity index (χ2v) is 7.06. The van der Waals surface area contributed by atoms with Crippen LogP contribution in [0.4, 0.5) is 9.80 Å². The third-order valence-corrected chi connectivity index (χ3v) is 4.31. The molecule has 0 fully saturated rings. The molecule has 1 rings (SSSR count). The minimum Gasteiger partial charge on any atom is -0.449 e. The lowest BCUT2D eigenvalue weighted by Crippen LogP contribution is -2.46. The number of rotatable bonds is 5. The molecule has 4 amide bonds. The van der Waals surface area contributed by atoms with Crippen molar-refractivity contribution in [3.05, 3.63) is 16.0 Å². The SMILES string of the molecule is CC(=O)Nc1sc(C)c(C)c1C(=O)OC(C)C(=O)NC(=O)NC(C)C. The van der Waals surface area contributed by atoms with Gasteiger partial charge in [-0.1, -0.05) is 0 Å². The van der Waals surface area contributed by atoms with Gasteiger partial charge in [0.15, 0.2) is 6.10 Å². The molecular formula is C16H23N3O5S. The number of carbonyl (C=O) groups excluding carboxylic acids is 4. The Kier molecular flexibility index (Phi) is 7.10. The minimum atomic E-state index is -1.17. The molecule has 0 spiro atoms. The highest BCUT2D eigenvalue weighted by atomic mass is 32.1. The lowest BCUT2D eigenvalue weighted by atomic mass is 10.1. The molecule has 0 aliphatic carbocycles. The molecule has 0 aliphatic rings. The molecule has 1 unspecified atom stereocenters. The summed E-state index contributed by atoms with van der Waals surface area (Å²) in [5, 5.41) is 7.56. The van der Waals surface area contributed by atoms with Crippen molar-refractivity contribution >= 4 is 40.2 Å². The number of imide groups is 1. The van der Waals surface area contributed by atoms with Crippen molar-refractivity contribution in [2.75, 3.05) is 5.32 Å². The molecule has 0 bridgehead atoms. The summed E-state index contributed by atoms with van der Waals surface area (Å²) in [5.41, 5.74) is 0.882. The van der Waals surface area contributed by atoms with E-state index in [2.05, 4.69) is 16.0 Å². The van der Waals surface area contributed by atoms with Crippen LogP contribution in [0, 0.1) is 13.8 Å². The number of thiophene rings is 1. The first kappa shape index (κ1) is 20.6. The number of hydrogen-bond acceptors (Lipinski definition) is 6. The summed E-state index contributed by atoms with van der Waals surface area (Å²) in [6.45, 7) is 9.74. The average Bonchev–Trinajstić information content (AvgIpc) is 2.71. The van der Waals surface area contributed by atoms with Crippen LogP contribution in [0.5, 0.6) is 0 Å². The van der Waals surface area contributed by atoms with Gasteiger partial charge in [-0.3, -0.25) is 14.9 Å². The largest absolute Gasteiger partial charge is 0.449 e. The van der Waals surface area contributed by atoms with Gasteiger partial charge in [-0.15, -0.1) is 11.3 Å². The van der Waals surface area contributed by atoms with E-state index in [-0.39, 0.29) is 17.5 Å². The first-order chi connectivity index (χ1) is 11.5. The van der Waals surface area contributed by atoms with Crippen LogP contribution in [0.2, 0.25) is 0 Å². The molecule has 0 aromatic carbocycles. The van der Waals surface area contributed by atoms with Crippen molar-refractivity contribution in [2.45, 2.75) is 53.7 Å². The predicted octanol–water partition coefficient (Wildman–Crippen LogP) is 2.10.